The number of primary amides is 1. The van der Waals surface area contributed by atoms with Gasteiger partial charge in [-0.1, -0.05) is 24.6 Å². The molecule has 1 fully saturated rings. The van der Waals surface area contributed by atoms with Gasteiger partial charge in [-0.2, -0.15) is 0 Å². The molecule has 1 saturated heterocycles. The third-order valence-electron chi connectivity index (χ3n) is 6.29. The molecule has 1 amide bonds. The van der Waals surface area contributed by atoms with Crippen molar-refractivity contribution in [3.63, 3.8) is 0 Å². The zero-order valence-corrected chi connectivity index (χ0v) is 18.1. The van der Waals surface area contributed by atoms with Gasteiger partial charge in [0.15, 0.2) is 0 Å². The second-order valence-electron chi connectivity index (χ2n) is 8.75. The van der Waals surface area contributed by atoms with E-state index in [0.717, 1.165) is 19.6 Å². The van der Waals surface area contributed by atoms with Crippen molar-refractivity contribution in [2.75, 3.05) is 26.2 Å². The number of piperidine rings is 1. The minimum atomic E-state index is -0.981. The van der Waals surface area contributed by atoms with Crippen molar-refractivity contribution in [2.24, 2.45) is 5.73 Å². The summed E-state index contributed by atoms with van der Waals surface area (Å²) in [6.45, 7) is 12.2. The highest BCUT2D eigenvalue weighted by Gasteiger charge is 2.41. The third-order valence-corrected chi connectivity index (χ3v) is 6.29. The average Bonchev–Trinajstić information content (AvgIpc) is 2.65. The van der Waals surface area contributed by atoms with Crippen LogP contribution in [0.15, 0.2) is 24.3 Å². The Balaban J connectivity index is 2.31. The van der Waals surface area contributed by atoms with E-state index >= 15 is 0 Å². The van der Waals surface area contributed by atoms with Gasteiger partial charge in [-0.05, 0) is 79.1 Å². The van der Waals surface area contributed by atoms with Gasteiger partial charge in [-0.25, -0.2) is 4.39 Å². The molecule has 5 heteroatoms. The summed E-state index contributed by atoms with van der Waals surface area (Å²) in [4.78, 5) is 17.6. The van der Waals surface area contributed by atoms with Gasteiger partial charge < -0.3 is 10.6 Å². The van der Waals surface area contributed by atoms with Crippen molar-refractivity contribution < 1.29 is 9.18 Å². The Hall–Kier alpha value is -1.46. The van der Waals surface area contributed by atoms with E-state index in [-0.39, 0.29) is 5.82 Å². The normalized spacial score (nSPS) is 18.0. The molecule has 2 N–H and O–H groups in total. The second kappa shape index (κ2) is 10.4. The van der Waals surface area contributed by atoms with Crippen LogP contribution in [0.1, 0.15) is 65.4 Å². The summed E-state index contributed by atoms with van der Waals surface area (Å²) in [6.07, 6.45) is 4.75. The van der Waals surface area contributed by atoms with E-state index in [0.29, 0.717) is 37.0 Å². The number of hydrogen-bond donors (Lipinski definition) is 1. The smallest absolute Gasteiger partial charge is 0.228 e. The molecule has 1 aromatic carbocycles. The van der Waals surface area contributed by atoms with Crippen LogP contribution in [-0.2, 0) is 10.2 Å². The Morgan fingerprint density at radius 2 is 1.71 bits per heavy atom. The summed E-state index contributed by atoms with van der Waals surface area (Å²) in [7, 11) is 0. The highest BCUT2D eigenvalue weighted by Crippen LogP contribution is 2.35. The molecule has 158 valence electrons. The molecule has 28 heavy (non-hydrogen) atoms. The Kier molecular flexibility index (Phi) is 8.44. The van der Waals surface area contributed by atoms with Crippen molar-refractivity contribution in [3.05, 3.63) is 35.6 Å². The molecule has 0 bridgehead atoms. The fourth-order valence-corrected chi connectivity index (χ4v) is 4.59. The minimum Gasteiger partial charge on any atom is -0.369 e. The Morgan fingerprint density at radius 1 is 1.11 bits per heavy atom. The average molecular weight is 392 g/mol. The lowest BCUT2D eigenvalue weighted by Gasteiger charge is -2.38. The number of amides is 1. The number of rotatable bonds is 10. The number of likely N-dealkylation sites (tertiary alicyclic amines) is 1. The monoisotopic (exact) mass is 391 g/mol. The lowest BCUT2D eigenvalue weighted by atomic mass is 9.73. The van der Waals surface area contributed by atoms with Crippen molar-refractivity contribution in [3.8, 4) is 0 Å². The van der Waals surface area contributed by atoms with Crippen molar-refractivity contribution in [1.82, 2.24) is 9.80 Å². The maximum Gasteiger partial charge on any atom is 0.228 e. The summed E-state index contributed by atoms with van der Waals surface area (Å²) >= 11 is 0. The van der Waals surface area contributed by atoms with Crippen LogP contribution in [0.2, 0.25) is 0 Å². The predicted octanol–water partition coefficient (Wildman–Crippen LogP) is 3.93. The SMILES string of the molecule is CC(C)N(CCC(CCN1CCCCC1)(C(N)=O)c1ccccc1F)C(C)C. The zero-order chi connectivity index (χ0) is 20.7. The molecule has 0 spiro atoms. The molecule has 0 aromatic heterocycles. The van der Waals surface area contributed by atoms with Crippen LogP contribution >= 0.6 is 0 Å². The van der Waals surface area contributed by atoms with E-state index in [1.165, 1.54) is 25.3 Å². The van der Waals surface area contributed by atoms with Crippen molar-refractivity contribution in [2.45, 2.75) is 77.3 Å². The molecule has 2 rings (SSSR count). The molecular formula is C23H38FN3O. The fraction of sp³-hybridized carbons (Fsp3) is 0.696. The maximum absolute atomic E-state index is 14.8. The molecule has 0 aliphatic carbocycles. The number of benzene rings is 1. The summed E-state index contributed by atoms with van der Waals surface area (Å²) in [5, 5.41) is 0. The van der Waals surface area contributed by atoms with E-state index in [9.17, 15) is 9.18 Å². The molecule has 4 nitrogen and oxygen atoms in total. The number of halogens is 1. The minimum absolute atomic E-state index is 0.333. The number of nitrogens with zero attached hydrogens (tertiary/aromatic N) is 2. The van der Waals surface area contributed by atoms with E-state index in [1.807, 2.05) is 0 Å². The lowest BCUT2D eigenvalue weighted by Crippen LogP contribution is -2.48. The summed E-state index contributed by atoms with van der Waals surface area (Å²) in [5.41, 5.74) is 5.45. The first-order valence-corrected chi connectivity index (χ1v) is 10.8. The van der Waals surface area contributed by atoms with Gasteiger partial charge in [0, 0.05) is 24.2 Å². The Bertz CT molecular complexity index is 620. The molecule has 1 atom stereocenters. The highest BCUT2D eigenvalue weighted by atomic mass is 19.1. The quantitative estimate of drug-likeness (QED) is 0.657. The first-order valence-electron chi connectivity index (χ1n) is 10.8. The molecule has 0 saturated carbocycles. The van der Waals surface area contributed by atoms with Gasteiger partial charge in [0.05, 0.1) is 5.41 Å². The number of nitrogens with two attached hydrogens (primary N) is 1. The van der Waals surface area contributed by atoms with E-state index < -0.39 is 11.3 Å². The van der Waals surface area contributed by atoms with Crippen molar-refractivity contribution in [1.29, 1.82) is 0 Å². The molecule has 1 aliphatic heterocycles. The largest absolute Gasteiger partial charge is 0.369 e. The van der Waals surface area contributed by atoms with E-state index in [1.54, 1.807) is 18.2 Å². The molecule has 0 radical (unpaired) electrons. The number of carbonyl (C=O) groups is 1. The molecular weight excluding hydrogens is 353 g/mol. The number of carbonyl (C=O) groups excluding carboxylic acids is 1. The zero-order valence-electron chi connectivity index (χ0n) is 18.1. The van der Waals surface area contributed by atoms with E-state index in [4.69, 9.17) is 5.73 Å². The van der Waals surface area contributed by atoms with Crippen LogP contribution in [0.3, 0.4) is 0 Å². The van der Waals surface area contributed by atoms with Gasteiger partial charge in [0.25, 0.3) is 0 Å². The van der Waals surface area contributed by atoms with Gasteiger partial charge in [0.2, 0.25) is 5.91 Å². The van der Waals surface area contributed by atoms with Gasteiger partial charge in [-0.3, -0.25) is 9.69 Å². The Labute approximate surface area is 170 Å². The van der Waals surface area contributed by atoms with E-state index in [2.05, 4.69) is 37.5 Å². The third kappa shape index (κ3) is 5.54. The van der Waals surface area contributed by atoms with Crippen LogP contribution < -0.4 is 5.73 Å². The van der Waals surface area contributed by atoms with Gasteiger partial charge in [-0.15, -0.1) is 0 Å². The van der Waals surface area contributed by atoms with Crippen molar-refractivity contribution >= 4 is 5.91 Å². The maximum atomic E-state index is 14.8. The van der Waals surface area contributed by atoms with Gasteiger partial charge >= 0.3 is 0 Å². The highest BCUT2D eigenvalue weighted by molar-refractivity contribution is 5.86. The Morgan fingerprint density at radius 3 is 2.25 bits per heavy atom. The fourth-order valence-electron chi connectivity index (χ4n) is 4.59. The van der Waals surface area contributed by atoms with Crippen LogP contribution in [-0.4, -0.2) is 54.0 Å². The van der Waals surface area contributed by atoms with Crippen LogP contribution in [0.5, 0.6) is 0 Å². The molecule has 1 unspecified atom stereocenters. The molecule has 1 aliphatic rings. The first-order chi connectivity index (χ1) is 13.3. The molecule has 1 aromatic rings. The molecule has 1 heterocycles. The first kappa shape index (κ1) is 22.8. The topological polar surface area (TPSA) is 49.6 Å². The predicted molar refractivity (Wildman–Crippen MR) is 114 cm³/mol. The second-order valence-corrected chi connectivity index (χ2v) is 8.75. The summed E-state index contributed by atoms with van der Waals surface area (Å²) in [6, 6.07) is 7.37. The standard InChI is InChI=1S/C23H38FN3O/c1-18(2)27(19(3)4)17-13-23(22(25)28,20-10-6-7-11-21(20)24)12-16-26-14-8-5-9-15-26/h6-7,10-11,18-19H,5,8-9,12-17H2,1-4H3,(H2,25,28). The lowest BCUT2D eigenvalue weighted by molar-refractivity contribution is -0.124. The van der Waals surface area contributed by atoms with Crippen LogP contribution in [0.4, 0.5) is 4.39 Å². The number of hydrogen-bond acceptors (Lipinski definition) is 3. The van der Waals surface area contributed by atoms with Crippen LogP contribution in [0.25, 0.3) is 0 Å². The summed E-state index contributed by atoms with van der Waals surface area (Å²) in [5.74, 6) is -0.748. The van der Waals surface area contributed by atoms with Gasteiger partial charge in [0.1, 0.15) is 5.82 Å². The van der Waals surface area contributed by atoms with Crippen LogP contribution in [0, 0.1) is 5.82 Å². The summed E-state index contributed by atoms with van der Waals surface area (Å²) < 4.78 is 14.8.